The smallest absolute Gasteiger partial charge is 0.425 e. The number of unbranched alkanes of at least 4 members (excludes halogenated alkanes) is 4. The summed E-state index contributed by atoms with van der Waals surface area (Å²) in [5.41, 5.74) is 2.51. The van der Waals surface area contributed by atoms with E-state index < -0.39 is 24.1 Å². The van der Waals surface area contributed by atoms with Gasteiger partial charge in [0.2, 0.25) is 0 Å². The zero-order chi connectivity index (χ0) is 26.4. The molecule has 2 saturated carbocycles. The van der Waals surface area contributed by atoms with Gasteiger partial charge in [-0.15, -0.1) is 0 Å². The molecule has 0 aromatic heterocycles. The minimum atomic E-state index is -4.74. The molecule has 0 spiro atoms. The zero-order valence-corrected chi connectivity index (χ0v) is 21.7. The Balaban J connectivity index is 1.30. The highest BCUT2D eigenvalue weighted by Crippen LogP contribution is 2.48. The van der Waals surface area contributed by atoms with Crippen molar-refractivity contribution in [2.75, 3.05) is 0 Å². The Hall–Kier alpha value is -2.11. The maximum atomic E-state index is 14.3. The number of rotatable bonds is 11. The SMILES string of the molecule is CCCCCCCC1CC[C@@H]2C[C@H](c3ccc(-c4ccc(OC(F)(F)C(F)F)c(F)c4)cc3)CC[C@@H]2C1. The van der Waals surface area contributed by atoms with Gasteiger partial charge in [-0.05, 0) is 84.6 Å². The van der Waals surface area contributed by atoms with Crippen LogP contribution < -0.4 is 4.74 Å². The Morgan fingerprint density at radius 3 is 2.22 bits per heavy atom. The molecule has 2 fully saturated rings. The van der Waals surface area contributed by atoms with E-state index in [2.05, 4.69) is 23.8 Å². The Morgan fingerprint density at radius 1 is 0.838 bits per heavy atom. The summed E-state index contributed by atoms with van der Waals surface area (Å²) in [6.07, 6.45) is 7.27. The van der Waals surface area contributed by atoms with Crippen LogP contribution in [0.1, 0.15) is 95.5 Å². The highest BCUT2D eigenvalue weighted by Gasteiger charge is 2.44. The van der Waals surface area contributed by atoms with Gasteiger partial charge < -0.3 is 4.74 Å². The van der Waals surface area contributed by atoms with Gasteiger partial charge in [-0.1, -0.05) is 82.2 Å². The summed E-state index contributed by atoms with van der Waals surface area (Å²) in [5.74, 6) is 1.13. The topological polar surface area (TPSA) is 9.23 Å². The number of hydrogen-bond acceptors (Lipinski definition) is 1. The largest absolute Gasteiger partial charge is 0.461 e. The molecule has 1 unspecified atom stereocenters. The Kier molecular flexibility index (Phi) is 9.52. The highest BCUT2D eigenvalue weighted by atomic mass is 19.3. The normalized spacial score (nSPS) is 24.2. The van der Waals surface area contributed by atoms with Gasteiger partial charge in [0.15, 0.2) is 11.6 Å². The van der Waals surface area contributed by atoms with Gasteiger partial charge in [0.1, 0.15) is 0 Å². The summed E-state index contributed by atoms with van der Waals surface area (Å²) in [4.78, 5) is 0. The van der Waals surface area contributed by atoms with Crippen LogP contribution >= 0.6 is 0 Å². The van der Waals surface area contributed by atoms with Gasteiger partial charge in [0, 0.05) is 0 Å². The monoisotopic (exact) mass is 522 g/mol. The van der Waals surface area contributed by atoms with Crippen molar-refractivity contribution in [2.24, 2.45) is 17.8 Å². The van der Waals surface area contributed by atoms with Gasteiger partial charge in [0.05, 0.1) is 0 Å². The number of ether oxygens (including phenoxy) is 1. The summed E-state index contributed by atoms with van der Waals surface area (Å²) in [6.45, 7) is 2.26. The highest BCUT2D eigenvalue weighted by molar-refractivity contribution is 5.64. The lowest BCUT2D eigenvalue weighted by molar-refractivity contribution is -0.254. The molecule has 0 aliphatic heterocycles. The Morgan fingerprint density at radius 2 is 1.51 bits per heavy atom. The molecule has 6 heteroatoms. The fourth-order valence-electron chi connectivity index (χ4n) is 6.49. The first-order valence-electron chi connectivity index (χ1n) is 14.0. The van der Waals surface area contributed by atoms with Crippen molar-refractivity contribution in [1.82, 2.24) is 0 Å². The van der Waals surface area contributed by atoms with E-state index >= 15 is 0 Å². The number of halogens is 5. The molecule has 2 aliphatic rings. The lowest BCUT2D eigenvalue weighted by atomic mass is 9.63. The number of alkyl halides is 4. The third-order valence-corrected chi connectivity index (χ3v) is 8.58. The molecule has 0 N–H and O–H groups in total. The second-order valence-corrected chi connectivity index (χ2v) is 11.1. The molecule has 1 nitrogen and oxygen atoms in total. The maximum absolute atomic E-state index is 14.3. The van der Waals surface area contributed by atoms with E-state index in [-0.39, 0.29) is 0 Å². The van der Waals surface area contributed by atoms with Crippen molar-refractivity contribution in [1.29, 1.82) is 0 Å². The van der Waals surface area contributed by atoms with E-state index in [0.29, 0.717) is 11.5 Å². The average Bonchev–Trinajstić information content (AvgIpc) is 2.89. The molecule has 4 atom stereocenters. The fraction of sp³-hybridized carbons (Fsp3) is 0.613. The van der Waals surface area contributed by atoms with E-state index in [1.165, 1.54) is 88.7 Å². The van der Waals surface area contributed by atoms with Gasteiger partial charge in [-0.3, -0.25) is 0 Å². The summed E-state index contributed by atoms with van der Waals surface area (Å²) < 4.78 is 69.2. The van der Waals surface area contributed by atoms with E-state index in [4.69, 9.17) is 0 Å². The van der Waals surface area contributed by atoms with Crippen LogP contribution in [0.15, 0.2) is 42.5 Å². The van der Waals surface area contributed by atoms with Crippen LogP contribution in [0.4, 0.5) is 22.0 Å². The number of hydrogen-bond donors (Lipinski definition) is 0. The molecule has 204 valence electrons. The predicted octanol–water partition coefficient (Wildman–Crippen LogP) is 10.4. The van der Waals surface area contributed by atoms with Crippen LogP contribution in [0.2, 0.25) is 0 Å². The van der Waals surface area contributed by atoms with Crippen LogP contribution in [0.25, 0.3) is 11.1 Å². The average molecular weight is 523 g/mol. The second kappa shape index (κ2) is 12.6. The van der Waals surface area contributed by atoms with E-state index in [1.54, 1.807) is 0 Å². The quantitative estimate of drug-likeness (QED) is 0.211. The molecule has 2 aromatic carbocycles. The van der Waals surface area contributed by atoms with Gasteiger partial charge in [-0.2, -0.15) is 17.6 Å². The fourth-order valence-corrected chi connectivity index (χ4v) is 6.49. The Bertz CT molecular complexity index is 990. The molecule has 0 radical (unpaired) electrons. The van der Waals surface area contributed by atoms with E-state index in [0.717, 1.165) is 35.4 Å². The van der Waals surface area contributed by atoms with E-state index in [9.17, 15) is 22.0 Å². The van der Waals surface area contributed by atoms with Gasteiger partial charge in [-0.25, -0.2) is 4.39 Å². The molecule has 4 rings (SSSR count). The lowest BCUT2D eigenvalue weighted by Crippen LogP contribution is -2.33. The van der Waals surface area contributed by atoms with Gasteiger partial charge in [0.25, 0.3) is 0 Å². The van der Waals surface area contributed by atoms with Crippen molar-refractivity contribution < 1.29 is 26.7 Å². The number of benzene rings is 2. The zero-order valence-electron chi connectivity index (χ0n) is 21.7. The minimum absolute atomic E-state index is 0.480. The van der Waals surface area contributed by atoms with Crippen molar-refractivity contribution in [3.05, 3.63) is 53.8 Å². The molecule has 2 aliphatic carbocycles. The van der Waals surface area contributed by atoms with Crippen LogP contribution in [0.3, 0.4) is 0 Å². The van der Waals surface area contributed by atoms with Gasteiger partial charge >= 0.3 is 12.5 Å². The van der Waals surface area contributed by atoms with Crippen LogP contribution in [0.5, 0.6) is 5.75 Å². The third-order valence-electron chi connectivity index (χ3n) is 8.58. The third kappa shape index (κ3) is 7.26. The maximum Gasteiger partial charge on any atom is 0.461 e. The second-order valence-electron chi connectivity index (χ2n) is 11.1. The van der Waals surface area contributed by atoms with Crippen molar-refractivity contribution in [2.45, 2.75) is 102 Å². The lowest BCUT2D eigenvalue weighted by Gasteiger charge is -2.42. The number of fused-ring (bicyclic) bond motifs is 1. The summed E-state index contributed by atoms with van der Waals surface area (Å²) in [5, 5.41) is 0. The molecule has 0 amide bonds. The first kappa shape index (κ1) is 27.9. The molecule has 0 saturated heterocycles. The molecule has 0 bridgehead atoms. The first-order chi connectivity index (χ1) is 17.8. The molecular weight excluding hydrogens is 483 g/mol. The summed E-state index contributed by atoms with van der Waals surface area (Å²) in [6, 6.07) is 11.4. The first-order valence-corrected chi connectivity index (χ1v) is 14.0. The summed E-state index contributed by atoms with van der Waals surface area (Å²) >= 11 is 0. The van der Waals surface area contributed by atoms with Crippen LogP contribution in [0, 0.1) is 23.6 Å². The predicted molar refractivity (Wildman–Crippen MR) is 138 cm³/mol. The minimum Gasteiger partial charge on any atom is -0.425 e. The Labute approximate surface area is 217 Å². The van der Waals surface area contributed by atoms with Crippen LogP contribution in [-0.4, -0.2) is 12.5 Å². The van der Waals surface area contributed by atoms with Crippen molar-refractivity contribution >= 4 is 0 Å². The van der Waals surface area contributed by atoms with Crippen LogP contribution in [-0.2, 0) is 0 Å². The molecular formula is C31H39F5O. The molecule has 37 heavy (non-hydrogen) atoms. The molecule has 0 heterocycles. The molecule has 2 aromatic rings. The standard InChI is InChI=1S/C31H39F5O/c1-2-3-4-5-6-7-21-8-9-26-19-25(15-14-24(26)18-21)22-10-12-23(13-11-22)27-16-17-29(28(32)20-27)37-31(35,36)30(33)34/h10-13,16-17,20-21,24-26,30H,2-9,14-15,18-19H2,1H3/t21?,24-,25-,26-/m1/s1. The van der Waals surface area contributed by atoms with Crippen molar-refractivity contribution in [3.8, 4) is 16.9 Å². The summed E-state index contributed by atoms with van der Waals surface area (Å²) in [7, 11) is 0. The van der Waals surface area contributed by atoms with E-state index in [1.807, 2.05) is 12.1 Å². The van der Waals surface area contributed by atoms with Crippen molar-refractivity contribution in [3.63, 3.8) is 0 Å².